The summed E-state index contributed by atoms with van der Waals surface area (Å²) in [6, 6.07) is 0. The lowest BCUT2D eigenvalue weighted by Crippen LogP contribution is -2.34. The molecule has 1 heterocycles. The fourth-order valence-electron chi connectivity index (χ4n) is 2.37. The van der Waals surface area contributed by atoms with E-state index in [2.05, 4.69) is 5.32 Å². The Kier molecular flexibility index (Phi) is 1.86. The molecule has 1 aliphatic carbocycles. The van der Waals surface area contributed by atoms with Crippen LogP contribution in [0.1, 0.15) is 32.1 Å². The van der Waals surface area contributed by atoms with Gasteiger partial charge in [-0.3, -0.25) is 0 Å². The Morgan fingerprint density at radius 1 is 0.917 bits per heavy atom. The van der Waals surface area contributed by atoms with Crippen LogP contribution in [0.3, 0.4) is 0 Å². The second kappa shape index (κ2) is 2.66. The van der Waals surface area contributed by atoms with Crippen molar-refractivity contribution in [2.24, 2.45) is 5.41 Å². The minimum atomic E-state index is -2.37. The zero-order valence-corrected chi connectivity index (χ0v) is 7.21. The molecule has 0 aromatic rings. The smallest absolute Gasteiger partial charge is 0.248 e. The van der Waals surface area contributed by atoms with Gasteiger partial charge in [0.25, 0.3) is 0 Å². The maximum atomic E-state index is 12.8. The summed E-state index contributed by atoms with van der Waals surface area (Å²) in [6.45, 7) is 1.98. The first-order chi connectivity index (χ1) is 5.62. The van der Waals surface area contributed by atoms with Gasteiger partial charge in [0.2, 0.25) is 5.92 Å². The highest BCUT2D eigenvalue weighted by Crippen LogP contribution is 2.46. The summed E-state index contributed by atoms with van der Waals surface area (Å²) in [7, 11) is 0. The Morgan fingerprint density at radius 2 is 1.58 bits per heavy atom. The van der Waals surface area contributed by atoms with E-state index < -0.39 is 5.92 Å². The van der Waals surface area contributed by atoms with Crippen LogP contribution < -0.4 is 5.32 Å². The number of alkyl halides is 2. The van der Waals surface area contributed by atoms with Crippen molar-refractivity contribution in [3.05, 3.63) is 0 Å². The summed E-state index contributed by atoms with van der Waals surface area (Å²) in [5, 5.41) is 3.27. The third-order valence-corrected chi connectivity index (χ3v) is 3.37. The molecule has 70 valence electrons. The molecule has 1 saturated heterocycles. The molecule has 0 atom stereocenters. The van der Waals surface area contributed by atoms with Crippen LogP contribution in [0.15, 0.2) is 0 Å². The topological polar surface area (TPSA) is 12.0 Å². The van der Waals surface area contributed by atoms with Crippen LogP contribution in [0.4, 0.5) is 8.78 Å². The standard InChI is InChI=1S/C9H15F2N/c10-9(11)3-1-8(2-4-9)5-6-12-7-8/h12H,1-7H2. The quantitative estimate of drug-likeness (QED) is 0.595. The zero-order chi connectivity index (χ0) is 8.66. The average Bonchev–Trinajstić information content (AvgIpc) is 2.46. The van der Waals surface area contributed by atoms with Gasteiger partial charge in [0.1, 0.15) is 0 Å². The highest BCUT2D eigenvalue weighted by molar-refractivity contribution is 4.93. The SMILES string of the molecule is FC1(F)CCC2(CCNC2)CC1. The molecule has 1 nitrogen and oxygen atoms in total. The number of hydrogen-bond donors (Lipinski definition) is 1. The predicted molar refractivity (Wildman–Crippen MR) is 43.3 cm³/mol. The minimum absolute atomic E-state index is 0.106. The molecule has 2 rings (SSSR count). The first-order valence-electron chi connectivity index (χ1n) is 4.71. The van der Waals surface area contributed by atoms with Crippen molar-refractivity contribution in [2.75, 3.05) is 13.1 Å². The van der Waals surface area contributed by atoms with E-state index in [0.717, 1.165) is 19.5 Å². The molecule has 3 heteroatoms. The molecule has 2 fully saturated rings. The molecule has 0 amide bonds. The van der Waals surface area contributed by atoms with Crippen molar-refractivity contribution in [1.29, 1.82) is 0 Å². The molecule has 1 spiro atoms. The van der Waals surface area contributed by atoms with Crippen LogP contribution in [0.25, 0.3) is 0 Å². The number of rotatable bonds is 0. The molecule has 0 bridgehead atoms. The molecule has 1 N–H and O–H groups in total. The molecule has 1 saturated carbocycles. The van der Waals surface area contributed by atoms with Crippen molar-refractivity contribution in [1.82, 2.24) is 5.32 Å². The van der Waals surface area contributed by atoms with E-state index >= 15 is 0 Å². The van der Waals surface area contributed by atoms with Crippen molar-refractivity contribution in [3.63, 3.8) is 0 Å². The fourth-order valence-corrected chi connectivity index (χ4v) is 2.37. The molecule has 1 aliphatic heterocycles. The molecule has 0 unspecified atom stereocenters. The van der Waals surface area contributed by atoms with Gasteiger partial charge >= 0.3 is 0 Å². The molecule has 0 aromatic heterocycles. The van der Waals surface area contributed by atoms with E-state index in [0.29, 0.717) is 12.8 Å². The zero-order valence-electron chi connectivity index (χ0n) is 7.21. The lowest BCUT2D eigenvalue weighted by atomic mass is 9.72. The predicted octanol–water partition coefficient (Wildman–Crippen LogP) is 2.18. The maximum absolute atomic E-state index is 12.8. The lowest BCUT2D eigenvalue weighted by molar-refractivity contribution is -0.0630. The van der Waals surface area contributed by atoms with Crippen LogP contribution in [-0.2, 0) is 0 Å². The lowest BCUT2D eigenvalue weighted by Gasteiger charge is -2.36. The Morgan fingerprint density at radius 3 is 2.08 bits per heavy atom. The summed E-state index contributed by atoms with van der Waals surface area (Å²) >= 11 is 0. The van der Waals surface area contributed by atoms with Crippen molar-refractivity contribution >= 4 is 0 Å². The van der Waals surface area contributed by atoms with E-state index in [4.69, 9.17) is 0 Å². The molecule has 0 radical (unpaired) electrons. The summed E-state index contributed by atoms with van der Waals surface area (Å²) < 4.78 is 25.6. The van der Waals surface area contributed by atoms with Crippen molar-refractivity contribution in [3.8, 4) is 0 Å². The third-order valence-electron chi connectivity index (χ3n) is 3.37. The van der Waals surface area contributed by atoms with Crippen LogP contribution in [0.2, 0.25) is 0 Å². The minimum Gasteiger partial charge on any atom is -0.316 e. The van der Waals surface area contributed by atoms with Gasteiger partial charge in [0, 0.05) is 19.4 Å². The van der Waals surface area contributed by atoms with Crippen LogP contribution >= 0.6 is 0 Å². The second-order valence-corrected chi connectivity index (χ2v) is 4.28. The largest absolute Gasteiger partial charge is 0.316 e. The van der Waals surface area contributed by atoms with Gasteiger partial charge in [0.05, 0.1) is 0 Å². The van der Waals surface area contributed by atoms with E-state index in [1.54, 1.807) is 0 Å². The van der Waals surface area contributed by atoms with Gasteiger partial charge in [-0.2, -0.15) is 0 Å². The van der Waals surface area contributed by atoms with Crippen LogP contribution in [-0.4, -0.2) is 19.0 Å². The van der Waals surface area contributed by atoms with Crippen LogP contribution in [0.5, 0.6) is 0 Å². The molecule has 12 heavy (non-hydrogen) atoms. The Labute approximate surface area is 71.5 Å². The van der Waals surface area contributed by atoms with Gasteiger partial charge < -0.3 is 5.32 Å². The van der Waals surface area contributed by atoms with Crippen LogP contribution in [0, 0.1) is 5.41 Å². The highest BCUT2D eigenvalue weighted by Gasteiger charge is 2.44. The Bertz CT molecular complexity index is 161. The second-order valence-electron chi connectivity index (χ2n) is 4.28. The van der Waals surface area contributed by atoms with E-state index in [1.165, 1.54) is 0 Å². The number of hydrogen-bond acceptors (Lipinski definition) is 1. The van der Waals surface area contributed by atoms with E-state index in [-0.39, 0.29) is 18.3 Å². The summed E-state index contributed by atoms with van der Waals surface area (Å²) in [4.78, 5) is 0. The molecular formula is C9H15F2N. The first kappa shape index (κ1) is 8.42. The van der Waals surface area contributed by atoms with Crippen molar-refractivity contribution in [2.45, 2.75) is 38.0 Å². The van der Waals surface area contributed by atoms with E-state index in [9.17, 15) is 8.78 Å². The van der Waals surface area contributed by atoms with Gasteiger partial charge in [0.15, 0.2) is 0 Å². The van der Waals surface area contributed by atoms with Gasteiger partial charge in [-0.15, -0.1) is 0 Å². The highest BCUT2D eigenvalue weighted by atomic mass is 19.3. The Balaban J connectivity index is 1.97. The summed E-state index contributed by atoms with van der Waals surface area (Å²) in [5.74, 6) is -2.37. The monoisotopic (exact) mass is 175 g/mol. The fraction of sp³-hybridized carbons (Fsp3) is 1.00. The van der Waals surface area contributed by atoms with Crippen molar-refractivity contribution < 1.29 is 8.78 Å². The first-order valence-corrected chi connectivity index (χ1v) is 4.71. The molecule has 2 aliphatic rings. The molecular weight excluding hydrogens is 160 g/mol. The van der Waals surface area contributed by atoms with E-state index in [1.807, 2.05) is 0 Å². The summed E-state index contributed by atoms with van der Waals surface area (Å²) in [6.07, 6.45) is 2.74. The number of nitrogens with one attached hydrogen (secondary N) is 1. The van der Waals surface area contributed by atoms with Gasteiger partial charge in [-0.05, 0) is 31.2 Å². The van der Waals surface area contributed by atoms with Gasteiger partial charge in [-0.1, -0.05) is 0 Å². The number of halogens is 2. The Hall–Kier alpha value is -0.180. The summed E-state index contributed by atoms with van der Waals surface area (Å²) in [5.41, 5.74) is 0.238. The maximum Gasteiger partial charge on any atom is 0.248 e. The average molecular weight is 175 g/mol. The van der Waals surface area contributed by atoms with Gasteiger partial charge in [-0.25, -0.2) is 8.78 Å². The molecule has 0 aromatic carbocycles. The normalized spacial score (nSPS) is 32.5. The third kappa shape index (κ3) is 1.47.